The molecule has 1 aliphatic heterocycles. The molecule has 0 amide bonds. The Morgan fingerprint density at radius 3 is 3.05 bits per heavy atom. The highest BCUT2D eigenvalue weighted by Gasteiger charge is 2.12. The van der Waals surface area contributed by atoms with Crippen molar-refractivity contribution in [2.45, 2.75) is 38.6 Å². The maximum absolute atomic E-state index is 5.54. The van der Waals surface area contributed by atoms with Crippen LogP contribution in [0.1, 0.15) is 30.9 Å². The lowest BCUT2D eigenvalue weighted by molar-refractivity contribution is 0.136. The maximum Gasteiger partial charge on any atom is 0.122 e. The van der Waals surface area contributed by atoms with E-state index >= 15 is 0 Å². The van der Waals surface area contributed by atoms with Crippen LogP contribution in [0.5, 0.6) is 5.75 Å². The molecule has 1 N–H and O–H groups in total. The van der Waals surface area contributed by atoms with Crippen LogP contribution < -0.4 is 10.1 Å². The first-order valence-electron chi connectivity index (χ1n) is 7.33. The number of benzene rings is 1. The first-order chi connectivity index (χ1) is 9.33. The van der Waals surface area contributed by atoms with Gasteiger partial charge < -0.3 is 14.8 Å². The van der Waals surface area contributed by atoms with Crippen LogP contribution in [-0.2, 0) is 17.6 Å². The predicted molar refractivity (Wildman–Crippen MR) is 77.9 cm³/mol. The second-order valence-corrected chi connectivity index (χ2v) is 5.05. The van der Waals surface area contributed by atoms with Crippen LogP contribution in [0.15, 0.2) is 18.2 Å². The highest BCUT2D eigenvalue weighted by Crippen LogP contribution is 2.26. The average molecular weight is 263 g/mol. The molecule has 1 aromatic carbocycles. The standard InChI is InChI=1S/C16H25NO2/c1-3-18-10-9-15(17-2)6-4-13-5-7-16-14(12-13)8-11-19-16/h5,7,12,15,17H,3-4,6,8-11H2,1-2H3. The van der Waals surface area contributed by atoms with Crippen molar-refractivity contribution in [3.8, 4) is 5.75 Å². The molecular weight excluding hydrogens is 238 g/mol. The molecule has 0 bridgehead atoms. The Morgan fingerprint density at radius 2 is 2.26 bits per heavy atom. The molecule has 3 heteroatoms. The minimum Gasteiger partial charge on any atom is -0.493 e. The summed E-state index contributed by atoms with van der Waals surface area (Å²) in [5.74, 6) is 1.07. The Kier molecular flexibility index (Phi) is 5.67. The van der Waals surface area contributed by atoms with E-state index in [9.17, 15) is 0 Å². The van der Waals surface area contributed by atoms with Crippen molar-refractivity contribution in [3.05, 3.63) is 29.3 Å². The van der Waals surface area contributed by atoms with Gasteiger partial charge in [-0.3, -0.25) is 0 Å². The summed E-state index contributed by atoms with van der Waals surface area (Å²) < 4.78 is 11.0. The van der Waals surface area contributed by atoms with Gasteiger partial charge in [0.15, 0.2) is 0 Å². The van der Waals surface area contributed by atoms with Crippen molar-refractivity contribution in [1.29, 1.82) is 0 Å². The van der Waals surface area contributed by atoms with Gasteiger partial charge in [-0.05, 0) is 50.4 Å². The Bertz CT molecular complexity index is 392. The summed E-state index contributed by atoms with van der Waals surface area (Å²) in [7, 11) is 2.03. The minimum absolute atomic E-state index is 0.538. The second kappa shape index (κ2) is 7.51. The zero-order chi connectivity index (χ0) is 13.5. The normalized spacial score (nSPS) is 15.1. The molecule has 3 nitrogen and oxygen atoms in total. The van der Waals surface area contributed by atoms with Crippen molar-refractivity contribution >= 4 is 0 Å². The molecule has 0 saturated carbocycles. The lowest BCUT2D eigenvalue weighted by Crippen LogP contribution is -2.27. The van der Waals surface area contributed by atoms with Crippen LogP contribution in [0.25, 0.3) is 0 Å². The summed E-state index contributed by atoms with van der Waals surface area (Å²) in [6, 6.07) is 7.15. The van der Waals surface area contributed by atoms with E-state index in [1.165, 1.54) is 11.1 Å². The molecule has 1 unspecified atom stereocenters. The Balaban J connectivity index is 1.80. The van der Waals surface area contributed by atoms with Gasteiger partial charge in [-0.25, -0.2) is 0 Å². The number of ether oxygens (including phenoxy) is 2. The van der Waals surface area contributed by atoms with E-state index in [0.29, 0.717) is 6.04 Å². The molecule has 0 aliphatic carbocycles. The number of rotatable bonds is 8. The van der Waals surface area contributed by atoms with E-state index in [0.717, 1.165) is 51.3 Å². The molecule has 1 atom stereocenters. The monoisotopic (exact) mass is 263 g/mol. The molecular formula is C16H25NO2. The number of hydrogen-bond acceptors (Lipinski definition) is 3. The molecule has 0 aromatic heterocycles. The van der Waals surface area contributed by atoms with Gasteiger partial charge in [-0.15, -0.1) is 0 Å². The van der Waals surface area contributed by atoms with E-state index in [4.69, 9.17) is 9.47 Å². The zero-order valence-corrected chi connectivity index (χ0v) is 12.1. The molecule has 1 heterocycles. The van der Waals surface area contributed by atoms with Crippen LogP contribution >= 0.6 is 0 Å². The largest absolute Gasteiger partial charge is 0.493 e. The number of aryl methyl sites for hydroxylation is 1. The lowest BCUT2D eigenvalue weighted by atomic mass is 10.0. The van der Waals surface area contributed by atoms with Crippen molar-refractivity contribution in [3.63, 3.8) is 0 Å². The summed E-state index contributed by atoms with van der Waals surface area (Å²) in [5, 5.41) is 3.38. The fourth-order valence-electron chi connectivity index (χ4n) is 2.54. The third-order valence-corrected chi connectivity index (χ3v) is 3.76. The maximum atomic E-state index is 5.54. The third kappa shape index (κ3) is 4.22. The summed E-state index contributed by atoms with van der Waals surface area (Å²) in [6.07, 6.45) is 4.41. The Labute approximate surface area is 116 Å². The predicted octanol–water partition coefficient (Wildman–Crippen LogP) is 2.57. The molecule has 2 rings (SSSR count). The van der Waals surface area contributed by atoms with Crippen LogP contribution in [0, 0.1) is 0 Å². The van der Waals surface area contributed by atoms with Crippen LogP contribution in [0.4, 0.5) is 0 Å². The molecule has 1 aromatic rings. The topological polar surface area (TPSA) is 30.5 Å². The van der Waals surface area contributed by atoms with Gasteiger partial charge in [0.25, 0.3) is 0 Å². The van der Waals surface area contributed by atoms with Crippen molar-refractivity contribution in [1.82, 2.24) is 5.32 Å². The van der Waals surface area contributed by atoms with E-state index < -0.39 is 0 Å². The van der Waals surface area contributed by atoms with Crippen molar-refractivity contribution in [2.24, 2.45) is 0 Å². The summed E-state index contributed by atoms with van der Waals surface area (Å²) >= 11 is 0. The van der Waals surface area contributed by atoms with E-state index in [1.807, 2.05) is 14.0 Å². The summed E-state index contributed by atoms with van der Waals surface area (Å²) in [6.45, 7) is 4.54. The third-order valence-electron chi connectivity index (χ3n) is 3.76. The van der Waals surface area contributed by atoms with Gasteiger partial charge in [0.2, 0.25) is 0 Å². The fraction of sp³-hybridized carbons (Fsp3) is 0.625. The average Bonchev–Trinajstić information content (AvgIpc) is 2.90. The summed E-state index contributed by atoms with van der Waals surface area (Å²) in [4.78, 5) is 0. The van der Waals surface area contributed by atoms with E-state index in [2.05, 4.69) is 23.5 Å². The lowest BCUT2D eigenvalue weighted by Gasteiger charge is -2.16. The quantitative estimate of drug-likeness (QED) is 0.731. The summed E-state index contributed by atoms with van der Waals surface area (Å²) in [5.41, 5.74) is 2.79. The van der Waals surface area contributed by atoms with Gasteiger partial charge >= 0.3 is 0 Å². The molecule has 106 valence electrons. The van der Waals surface area contributed by atoms with Crippen LogP contribution in [0.3, 0.4) is 0 Å². The van der Waals surface area contributed by atoms with Gasteiger partial charge in [0, 0.05) is 25.7 Å². The minimum atomic E-state index is 0.538. The number of fused-ring (bicyclic) bond motifs is 1. The second-order valence-electron chi connectivity index (χ2n) is 5.05. The van der Waals surface area contributed by atoms with Crippen molar-refractivity contribution in [2.75, 3.05) is 26.9 Å². The van der Waals surface area contributed by atoms with E-state index in [-0.39, 0.29) is 0 Å². The fourth-order valence-corrected chi connectivity index (χ4v) is 2.54. The zero-order valence-electron chi connectivity index (χ0n) is 12.1. The van der Waals surface area contributed by atoms with E-state index in [1.54, 1.807) is 0 Å². The number of nitrogens with one attached hydrogen (secondary N) is 1. The van der Waals surface area contributed by atoms with Gasteiger partial charge in [0.1, 0.15) is 5.75 Å². The molecule has 19 heavy (non-hydrogen) atoms. The molecule has 0 saturated heterocycles. The molecule has 0 spiro atoms. The molecule has 0 radical (unpaired) electrons. The van der Waals surface area contributed by atoms with Crippen LogP contribution in [-0.4, -0.2) is 32.9 Å². The van der Waals surface area contributed by atoms with Crippen LogP contribution in [0.2, 0.25) is 0 Å². The molecule has 1 aliphatic rings. The highest BCUT2D eigenvalue weighted by atomic mass is 16.5. The first kappa shape index (κ1) is 14.4. The number of hydrogen-bond donors (Lipinski definition) is 1. The smallest absolute Gasteiger partial charge is 0.122 e. The highest BCUT2D eigenvalue weighted by molar-refractivity contribution is 5.39. The van der Waals surface area contributed by atoms with Gasteiger partial charge in [-0.1, -0.05) is 12.1 Å². The van der Waals surface area contributed by atoms with Gasteiger partial charge in [0.05, 0.1) is 6.61 Å². The molecule has 0 fully saturated rings. The Hall–Kier alpha value is -1.06. The van der Waals surface area contributed by atoms with Crippen molar-refractivity contribution < 1.29 is 9.47 Å². The Morgan fingerprint density at radius 1 is 1.37 bits per heavy atom. The van der Waals surface area contributed by atoms with Gasteiger partial charge in [-0.2, -0.15) is 0 Å². The SMILES string of the molecule is CCOCCC(CCc1ccc2c(c1)CCO2)NC. The first-order valence-corrected chi connectivity index (χ1v) is 7.33.